The molecule has 0 bridgehead atoms. The molecule has 0 unspecified atom stereocenters. The van der Waals surface area contributed by atoms with Crippen molar-refractivity contribution in [2.45, 2.75) is 26.4 Å². The van der Waals surface area contributed by atoms with E-state index in [-0.39, 0.29) is 11.0 Å². The summed E-state index contributed by atoms with van der Waals surface area (Å²) in [5, 5.41) is 17.3. The molecule has 0 saturated carbocycles. The molecule has 0 spiro atoms. The van der Waals surface area contributed by atoms with Crippen molar-refractivity contribution in [1.29, 1.82) is 0 Å². The highest BCUT2D eigenvalue weighted by atomic mass is 32.1. The molecule has 0 aromatic carbocycles. The Balaban J connectivity index is 3.72. The monoisotopic (exact) mass is 148 g/mol. The van der Waals surface area contributed by atoms with Crippen LogP contribution in [0.2, 0.25) is 0 Å². The SMILES string of the molecule is CC[C@H](C)[C@H](O)C(O)=S. The van der Waals surface area contributed by atoms with Gasteiger partial charge in [-0.1, -0.05) is 20.3 Å². The summed E-state index contributed by atoms with van der Waals surface area (Å²) >= 11 is 4.37. The van der Waals surface area contributed by atoms with Gasteiger partial charge in [0.05, 0.1) is 0 Å². The van der Waals surface area contributed by atoms with E-state index in [0.29, 0.717) is 0 Å². The molecule has 54 valence electrons. The van der Waals surface area contributed by atoms with Gasteiger partial charge >= 0.3 is 0 Å². The largest absolute Gasteiger partial charge is 0.500 e. The maximum Gasteiger partial charge on any atom is 0.186 e. The predicted octanol–water partition coefficient (Wildman–Crippen LogP) is 1.28. The Morgan fingerprint density at radius 3 is 2.22 bits per heavy atom. The van der Waals surface area contributed by atoms with Crippen molar-refractivity contribution in [3.63, 3.8) is 0 Å². The Morgan fingerprint density at radius 2 is 2.11 bits per heavy atom. The number of rotatable bonds is 3. The quantitative estimate of drug-likeness (QED) is 0.592. The fourth-order valence-corrected chi connectivity index (χ4v) is 0.699. The van der Waals surface area contributed by atoms with Crippen LogP contribution in [0.3, 0.4) is 0 Å². The first-order valence-electron chi connectivity index (χ1n) is 3.00. The van der Waals surface area contributed by atoms with E-state index in [1.54, 1.807) is 0 Å². The first-order chi connectivity index (χ1) is 4.09. The zero-order valence-corrected chi connectivity index (χ0v) is 6.48. The minimum atomic E-state index is -0.829. The van der Waals surface area contributed by atoms with Gasteiger partial charge in [-0.25, -0.2) is 0 Å². The second kappa shape index (κ2) is 3.80. The van der Waals surface area contributed by atoms with Crippen molar-refractivity contribution in [2.75, 3.05) is 0 Å². The molecule has 0 fully saturated rings. The van der Waals surface area contributed by atoms with E-state index in [4.69, 9.17) is 10.2 Å². The van der Waals surface area contributed by atoms with Gasteiger partial charge in [-0.2, -0.15) is 0 Å². The second-order valence-corrected chi connectivity index (χ2v) is 2.59. The molecule has 0 amide bonds. The van der Waals surface area contributed by atoms with Crippen LogP contribution in [0, 0.1) is 5.92 Å². The Kier molecular flexibility index (Phi) is 3.73. The smallest absolute Gasteiger partial charge is 0.186 e. The standard InChI is InChI=1S/C6H12O2S/c1-3-4(2)5(7)6(8)9/h4-5,7H,3H2,1-2H3,(H,8,9)/t4-,5-/m0/s1. The van der Waals surface area contributed by atoms with E-state index in [1.165, 1.54) is 0 Å². The molecule has 0 aliphatic rings. The minimum absolute atomic E-state index is 0.0579. The van der Waals surface area contributed by atoms with Crippen LogP contribution >= 0.6 is 12.2 Å². The number of aliphatic hydroxyl groups excluding tert-OH is 2. The first-order valence-corrected chi connectivity index (χ1v) is 3.41. The lowest BCUT2D eigenvalue weighted by Gasteiger charge is -2.13. The van der Waals surface area contributed by atoms with Crippen molar-refractivity contribution in [2.24, 2.45) is 5.92 Å². The molecule has 9 heavy (non-hydrogen) atoms. The molecule has 3 heteroatoms. The third-order valence-electron chi connectivity index (χ3n) is 1.44. The van der Waals surface area contributed by atoms with Gasteiger partial charge in [-0.15, -0.1) is 0 Å². The summed E-state index contributed by atoms with van der Waals surface area (Å²) in [7, 11) is 0. The molecule has 0 radical (unpaired) electrons. The van der Waals surface area contributed by atoms with Gasteiger partial charge in [-0.05, 0) is 18.1 Å². The van der Waals surface area contributed by atoms with Crippen LogP contribution in [0.25, 0.3) is 0 Å². The van der Waals surface area contributed by atoms with E-state index in [0.717, 1.165) is 6.42 Å². The average Bonchev–Trinajstić information content (AvgIpc) is 1.84. The maximum atomic E-state index is 9.00. The maximum absolute atomic E-state index is 9.00. The number of hydrogen-bond donors (Lipinski definition) is 2. The summed E-state index contributed by atoms with van der Waals surface area (Å²) < 4.78 is 0. The van der Waals surface area contributed by atoms with Crippen molar-refractivity contribution in [3.8, 4) is 0 Å². The molecular weight excluding hydrogens is 136 g/mol. The molecule has 0 heterocycles. The fourth-order valence-electron chi connectivity index (χ4n) is 0.467. The Morgan fingerprint density at radius 1 is 1.67 bits per heavy atom. The van der Waals surface area contributed by atoms with E-state index in [9.17, 15) is 0 Å². The van der Waals surface area contributed by atoms with Crippen LogP contribution in [0.15, 0.2) is 0 Å². The molecule has 0 rings (SSSR count). The molecule has 0 saturated heterocycles. The van der Waals surface area contributed by atoms with Gasteiger partial charge in [0.1, 0.15) is 6.10 Å². The number of hydrogen-bond acceptors (Lipinski definition) is 2. The Hall–Kier alpha value is -0.150. The zero-order valence-electron chi connectivity index (χ0n) is 5.66. The molecular formula is C6H12O2S. The fraction of sp³-hybridized carbons (Fsp3) is 0.833. The molecule has 2 N–H and O–H groups in total. The van der Waals surface area contributed by atoms with E-state index >= 15 is 0 Å². The van der Waals surface area contributed by atoms with E-state index < -0.39 is 6.10 Å². The summed E-state index contributed by atoms with van der Waals surface area (Å²) in [5.74, 6) is 0.0579. The lowest BCUT2D eigenvalue weighted by Crippen LogP contribution is -2.25. The van der Waals surface area contributed by atoms with Gasteiger partial charge in [0, 0.05) is 0 Å². The van der Waals surface area contributed by atoms with Crippen molar-refractivity contribution in [1.82, 2.24) is 0 Å². The normalized spacial score (nSPS) is 16.8. The molecule has 0 aromatic heterocycles. The highest BCUT2D eigenvalue weighted by Crippen LogP contribution is 2.07. The zero-order chi connectivity index (χ0) is 7.44. The molecule has 0 aromatic rings. The van der Waals surface area contributed by atoms with Gasteiger partial charge in [-0.3, -0.25) is 0 Å². The van der Waals surface area contributed by atoms with Crippen LogP contribution < -0.4 is 0 Å². The highest BCUT2D eigenvalue weighted by molar-refractivity contribution is 7.80. The van der Waals surface area contributed by atoms with Crippen molar-refractivity contribution < 1.29 is 10.2 Å². The summed E-state index contributed by atoms with van der Waals surface area (Å²) in [6, 6.07) is 0. The summed E-state index contributed by atoms with van der Waals surface area (Å²) in [6.45, 7) is 3.78. The number of aliphatic hydroxyl groups is 2. The van der Waals surface area contributed by atoms with Crippen LogP contribution in [-0.2, 0) is 0 Å². The first kappa shape index (κ1) is 8.85. The summed E-state index contributed by atoms with van der Waals surface area (Å²) in [6.07, 6.45) is -0.00741. The van der Waals surface area contributed by atoms with Gasteiger partial charge < -0.3 is 10.2 Å². The topological polar surface area (TPSA) is 40.5 Å². The second-order valence-electron chi connectivity index (χ2n) is 2.17. The van der Waals surface area contributed by atoms with Crippen LogP contribution in [0.5, 0.6) is 0 Å². The van der Waals surface area contributed by atoms with Gasteiger partial charge in [0.25, 0.3) is 0 Å². The van der Waals surface area contributed by atoms with E-state index in [1.807, 2.05) is 13.8 Å². The van der Waals surface area contributed by atoms with Crippen LogP contribution in [0.4, 0.5) is 0 Å². The Labute approximate surface area is 60.5 Å². The molecule has 0 aliphatic carbocycles. The van der Waals surface area contributed by atoms with Gasteiger partial charge in [0.2, 0.25) is 0 Å². The van der Waals surface area contributed by atoms with Crippen molar-refractivity contribution >= 4 is 17.3 Å². The highest BCUT2D eigenvalue weighted by Gasteiger charge is 2.15. The summed E-state index contributed by atoms with van der Waals surface area (Å²) in [5.41, 5.74) is 0. The molecule has 2 atom stereocenters. The minimum Gasteiger partial charge on any atom is -0.500 e. The van der Waals surface area contributed by atoms with Crippen LogP contribution in [-0.4, -0.2) is 21.4 Å². The molecule has 2 nitrogen and oxygen atoms in total. The average molecular weight is 148 g/mol. The summed E-state index contributed by atoms with van der Waals surface area (Å²) in [4.78, 5) is 0. The lowest BCUT2D eigenvalue weighted by molar-refractivity contribution is 0.161. The van der Waals surface area contributed by atoms with Gasteiger partial charge in [0.15, 0.2) is 5.05 Å². The lowest BCUT2D eigenvalue weighted by atomic mass is 10.0. The predicted molar refractivity (Wildman–Crippen MR) is 40.7 cm³/mol. The number of thiocarbonyl (C=S) groups is 1. The van der Waals surface area contributed by atoms with E-state index in [2.05, 4.69) is 12.2 Å². The van der Waals surface area contributed by atoms with Crippen LogP contribution in [0.1, 0.15) is 20.3 Å². The third kappa shape index (κ3) is 2.77. The molecule has 0 aliphatic heterocycles. The third-order valence-corrected chi connectivity index (χ3v) is 1.68. The Bertz CT molecular complexity index is 103. The van der Waals surface area contributed by atoms with Crippen molar-refractivity contribution in [3.05, 3.63) is 0 Å².